The molecule has 0 aliphatic carbocycles. The maximum Gasteiger partial charge on any atom is 0.296 e. The number of hydrogen-bond acceptors (Lipinski definition) is 8. The number of ether oxygens (including phenoxy) is 1. The van der Waals surface area contributed by atoms with Crippen molar-refractivity contribution in [3.05, 3.63) is 82.3 Å². The molecule has 36 heavy (non-hydrogen) atoms. The number of unbranched alkanes of at least 4 members (excludes halogenated alkanes) is 2. The van der Waals surface area contributed by atoms with Crippen LogP contribution in [0.15, 0.2) is 70.3 Å². The van der Waals surface area contributed by atoms with Crippen LogP contribution in [-0.2, 0) is 4.79 Å². The number of hydrogen-bond donors (Lipinski definition) is 1. The van der Waals surface area contributed by atoms with E-state index in [0.29, 0.717) is 33.6 Å². The van der Waals surface area contributed by atoms with E-state index in [-0.39, 0.29) is 11.3 Å². The van der Waals surface area contributed by atoms with Crippen molar-refractivity contribution in [3.63, 3.8) is 0 Å². The fourth-order valence-electron chi connectivity index (χ4n) is 4.25. The molecular weight excluding hydrogens is 478 g/mol. The van der Waals surface area contributed by atoms with Crippen LogP contribution in [0, 0.1) is 6.92 Å². The lowest BCUT2D eigenvalue weighted by atomic mass is 9.95. The number of para-hydroxylation sites is 1. The fourth-order valence-corrected chi connectivity index (χ4v) is 4.96. The van der Waals surface area contributed by atoms with Crippen molar-refractivity contribution in [2.75, 3.05) is 11.5 Å². The van der Waals surface area contributed by atoms with E-state index >= 15 is 0 Å². The van der Waals surface area contributed by atoms with Gasteiger partial charge in [-0.05, 0) is 43.2 Å². The monoisotopic (exact) mass is 503 g/mol. The second-order valence-corrected chi connectivity index (χ2v) is 9.71. The number of ketones is 1. The largest absolute Gasteiger partial charge is 0.503 e. The summed E-state index contributed by atoms with van der Waals surface area (Å²) < 4.78 is 11.6. The van der Waals surface area contributed by atoms with Gasteiger partial charge in [-0.1, -0.05) is 61.4 Å². The van der Waals surface area contributed by atoms with Gasteiger partial charge in [0.05, 0.1) is 18.2 Å². The van der Waals surface area contributed by atoms with Gasteiger partial charge in [-0.25, -0.2) is 0 Å². The number of furan rings is 1. The number of benzene rings is 2. The van der Waals surface area contributed by atoms with Gasteiger partial charge in [0.2, 0.25) is 10.9 Å². The van der Waals surface area contributed by atoms with Crippen LogP contribution in [0.4, 0.5) is 5.13 Å². The van der Waals surface area contributed by atoms with E-state index in [9.17, 15) is 14.7 Å². The first kappa shape index (κ1) is 23.7. The molecule has 1 N–H and O–H groups in total. The molecule has 1 amide bonds. The third-order valence-corrected chi connectivity index (χ3v) is 6.87. The van der Waals surface area contributed by atoms with Crippen LogP contribution in [0.2, 0.25) is 0 Å². The number of aryl methyl sites for hydroxylation is 1. The highest BCUT2D eigenvalue weighted by Crippen LogP contribution is 2.43. The first-order valence-electron chi connectivity index (χ1n) is 11.8. The zero-order valence-corrected chi connectivity index (χ0v) is 20.7. The standard InChI is InChI=1S/C27H25N3O5S/c1-3-4-7-14-34-19-12-10-17(11-13-19)23-22(24(31)21-15-18-8-5-6-9-20(18)35-21)25(32)26(33)30(23)27-29-28-16(2)36-27/h5-6,8-13,15,23,32H,3-4,7,14H2,1-2H3. The first-order chi connectivity index (χ1) is 17.5. The molecule has 2 aromatic heterocycles. The highest BCUT2D eigenvalue weighted by Gasteiger charge is 2.46. The lowest BCUT2D eigenvalue weighted by Crippen LogP contribution is -2.31. The molecule has 1 aliphatic heterocycles. The maximum absolute atomic E-state index is 13.7. The van der Waals surface area contributed by atoms with Crippen LogP contribution < -0.4 is 9.64 Å². The quantitative estimate of drug-likeness (QED) is 0.222. The summed E-state index contributed by atoms with van der Waals surface area (Å²) in [7, 11) is 0. The molecule has 1 unspecified atom stereocenters. The Labute approximate surface area is 211 Å². The van der Waals surface area contributed by atoms with Crippen LogP contribution in [-0.4, -0.2) is 33.6 Å². The summed E-state index contributed by atoms with van der Waals surface area (Å²) in [6, 6.07) is 15.1. The van der Waals surface area contributed by atoms with E-state index in [1.54, 1.807) is 43.3 Å². The van der Waals surface area contributed by atoms with Gasteiger partial charge in [-0.2, -0.15) is 0 Å². The number of Topliss-reactive ketones (excluding diaryl/α,β-unsaturated/α-hetero) is 1. The third kappa shape index (κ3) is 4.37. The molecule has 9 heteroatoms. The van der Waals surface area contributed by atoms with Crippen molar-refractivity contribution in [1.82, 2.24) is 10.2 Å². The van der Waals surface area contributed by atoms with Crippen LogP contribution in [0.3, 0.4) is 0 Å². The van der Waals surface area contributed by atoms with E-state index in [2.05, 4.69) is 17.1 Å². The molecule has 1 atom stereocenters. The van der Waals surface area contributed by atoms with E-state index in [0.717, 1.165) is 24.6 Å². The van der Waals surface area contributed by atoms with Gasteiger partial charge in [-0.15, -0.1) is 10.2 Å². The van der Waals surface area contributed by atoms with E-state index < -0.39 is 23.5 Å². The molecule has 2 aromatic carbocycles. The number of amides is 1. The topological polar surface area (TPSA) is 106 Å². The molecular formula is C27H25N3O5S. The number of fused-ring (bicyclic) bond motifs is 1. The number of rotatable bonds is 9. The molecule has 184 valence electrons. The van der Waals surface area contributed by atoms with Gasteiger partial charge in [0.25, 0.3) is 5.91 Å². The Balaban J connectivity index is 1.53. The molecule has 3 heterocycles. The summed E-state index contributed by atoms with van der Waals surface area (Å²) in [5, 5.41) is 20.7. The first-order valence-corrected chi connectivity index (χ1v) is 12.6. The van der Waals surface area contributed by atoms with Gasteiger partial charge in [0.15, 0.2) is 11.5 Å². The average molecular weight is 504 g/mol. The molecule has 0 spiro atoms. The molecule has 0 bridgehead atoms. The van der Waals surface area contributed by atoms with E-state index in [4.69, 9.17) is 9.15 Å². The number of aliphatic hydroxyl groups excluding tert-OH is 1. The Bertz CT molecular complexity index is 1420. The molecule has 0 saturated carbocycles. The lowest BCUT2D eigenvalue weighted by molar-refractivity contribution is -0.117. The second kappa shape index (κ2) is 9.94. The predicted octanol–water partition coefficient (Wildman–Crippen LogP) is 5.94. The zero-order chi connectivity index (χ0) is 25.2. The molecule has 0 radical (unpaired) electrons. The summed E-state index contributed by atoms with van der Waals surface area (Å²) in [5.74, 6) is -1.17. The Morgan fingerprint density at radius 1 is 1.14 bits per heavy atom. The summed E-state index contributed by atoms with van der Waals surface area (Å²) in [4.78, 5) is 28.2. The maximum atomic E-state index is 13.7. The molecule has 4 aromatic rings. The minimum atomic E-state index is -0.903. The van der Waals surface area contributed by atoms with Crippen molar-refractivity contribution in [3.8, 4) is 5.75 Å². The minimum Gasteiger partial charge on any atom is -0.503 e. The molecule has 8 nitrogen and oxygen atoms in total. The molecule has 0 saturated heterocycles. The number of nitrogens with zero attached hydrogens (tertiary/aromatic N) is 3. The highest BCUT2D eigenvalue weighted by atomic mass is 32.1. The number of aliphatic hydroxyl groups is 1. The number of carbonyl (C=O) groups is 2. The van der Waals surface area contributed by atoms with Crippen LogP contribution in [0.5, 0.6) is 5.75 Å². The number of carbonyl (C=O) groups excluding carboxylic acids is 2. The van der Waals surface area contributed by atoms with Gasteiger partial charge in [0, 0.05) is 5.39 Å². The fraction of sp³-hybridized carbons (Fsp3) is 0.259. The summed E-state index contributed by atoms with van der Waals surface area (Å²) in [6.07, 6.45) is 3.17. The number of aromatic nitrogens is 2. The Kier molecular flexibility index (Phi) is 6.56. The van der Waals surface area contributed by atoms with Gasteiger partial charge >= 0.3 is 0 Å². The lowest BCUT2D eigenvalue weighted by Gasteiger charge is -2.24. The van der Waals surface area contributed by atoms with Crippen molar-refractivity contribution >= 4 is 39.1 Å². The van der Waals surface area contributed by atoms with Gasteiger partial charge < -0.3 is 14.3 Å². The van der Waals surface area contributed by atoms with Crippen LogP contribution in [0.25, 0.3) is 11.0 Å². The highest BCUT2D eigenvalue weighted by molar-refractivity contribution is 7.15. The van der Waals surface area contributed by atoms with E-state index in [1.807, 2.05) is 18.2 Å². The normalized spacial score (nSPS) is 15.8. The molecule has 1 aliphatic rings. The predicted molar refractivity (Wildman–Crippen MR) is 137 cm³/mol. The second-order valence-electron chi connectivity index (χ2n) is 8.55. The van der Waals surface area contributed by atoms with Gasteiger partial charge in [0.1, 0.15) is 16.3 Å². The Morgan fingerprint density at radius 2 is 1.92 bits per heavy atom. The SMILES string of the molecule is CCCCCOc1ccc(C2C(C(=O)c3cc4ccccc4o3)=C(O)C(=O)N2c2nnc(C)s2)cc1. The van der Waals surface area contributed by atoms with Crippen LogP contribution in [0.1, 0.15) is 53.4 Å². The van der Waals surface area contributed by atoms with Crippen molar-refractivity contribution < 1.29 is 23.8 Å². The third-order valence-electron chi connectivity index (χ3n) is 6.04. The molecule has 5 rings (SSSR count). The van der Waals surface area contributed by atoms with E-state index in [1.165, 1.54) is 16.2 Å². The van der Waals surface area contributed by atoms with Crippen LogP contribution >= 0.6 is 11.3 Å². The summed E-state index contributed by atoms with van der Waals surface area (Å²) in [5.41, 5.74) is 1.10. The van der Waals surface area contributed by atoms with Crippen molar-refractivity contribution in [2.45, 2.75) is 39.2 Å². The Hall–Kier alpha value is -3.98. The van der Waals surface area contributed by atoms with Gasteiger partial charge in [-0.3, -0.25) is 14.5 Å². The Morgan fingerprint density at radius 3 is 2.61 bits per heavy atom. The summed E-state index contributed by atoms with van der Waals surface area (Å²) >= 11 is 1.21. The summed E-state index contributed by atoms with van der Waals surface area (Å²) in [6.45, 7) is 4.52. The zero-order valence-electron chi connectivity index (χ0n) is 19.9. The van der Waals surface area contributed by atoms with Crippen molar-refractivity contribution in [1.29, 1.82) is 0 Å². The smallest absolute Gasteiger partial charge is 0.296 e. The minimum absolute atomic E-state index is 0.0433. The average Bonchev–Trinajstić information content (AvgIpc) is 3.58. The van der Waals surface area contributed by atoms with Crippen molar-refractivity contribution in [2.24, 2.45) is 0 Å². The number of anilines is 1. The molecule has 0 fully saturated rings.